The molecule has 0 spiro atoms. The van der Waals surface area contributed by atoms with Gasteiger partial charge in [0.25, 0.3) is 0 Å². The van der Waals surface area contributed by atoms with Gasteiger partial charge in [-0.3, -0.25) is 9.59 Å². The molecule has 1 aliphatic heterocycles. The number of carbonyl (C=O) groups excluding carboxylic acids is 1. The molecular formula is C16H27NO4. The molecule has 0 radical (unpaired) electrons. The average molecular weight is 297 g/mol. The standard InChI is InChI=1S/C16H27NO4/c1-3-7-21-12-5-4-6-17(10-12)15(18)13-8-11(2)9-14(13)16(19)20/h11-14H,3-10H2,1-2H3,(H,19,20). The van der Waals surface area contributed by atoms with Crippen molar-refractivity contribution in [2.75, 3.05) is 19.7 Å². The fourth-order valence-corrected chi connectivity index (χ4v) is 3.63. The Morgan fingerprint density at radius 3 is 2.67 bits per heavy atom. The van der Waals surface area contributed by atoms with Crippen molar-refractivity contribution in [3.8, 4) is 0 Å². The highest BCUT2D eigenvalue weighted by Gasteiger charge is 2.43. The minimum atomic E-state index is -0.825. The molecule has 5 heteroatoms. The van der Waals surface area contributed by atoms with E-state index in [-0.39, 0.29) is 17.9 Å². The van der Waals surface area contributed by atoms with E-state index in [1.54, 1.807) is 0 Å². The summed E-state index contributed by atoms with van der Waals surface area (Å²) in [5, 5.41) is 9.32. The highest BCUT2D eigenvalue weighted by atomic mass is 16.5. The fraction of sp³-hybridized carbons (Fsp3) is 0.875. The van der Waals surface area contributed by atoms with Gasteiger partial charge in [-0.1, -0.05) is 13.8 Å². The van der Waals surface area contributed by atoms with Gasteiger partial charge in [0, 0.05) is 19.7 Å². The van der Waals surface area contributed by atoms with Crippen LogP contribution in [0, 0.1) is 17.8 Å². The summed E-state index contributed by atoms with van der Waals surface area (Å²) < 4.78 is 5.76. The second-order valence-corrected chi connectivity index (χ2v) is 6.55. The van der Waals surface area contributed by atoms with Crippen LogP contribution in [-0.2, 0) is 14.3 Å². The number of carboxylic acids is 1. The number of nitrogens with zero attached hydrogens (tertiary/aromatic N) is 1. The molecule has 120 valence electrons. The Bertz CT molecular complexity index is 384. The van der Waals surface area contributed by atoms with E-state index in [2.05, 4.69) is 6.92 Å². The van der Waals surface area contributed by atoms with Crippen molar-refractivity contribution >= 4 is 11.9 Å². The largest absolute Gasteiger partial charge is 0.481 e. The molecule has 1 aliphatic carbocycles. The summed E-state index contributed by atoms with van der Waals surface area (Å²) in [4.78, 5) is 25.9. The lowest BCUT2D eigenvalue weighted by Crippen LogP contribution is -2.47. The number of carbonyl (C=O) groups is 2. The molecule has 4 atom stereocenters. The third-order valence-electron chi connectivity index (χ3n) is 4.68. The van der Waals surface area contributed by atoms with Gasteiger partial charge in [0.2, 0.25) is 5.91 Å². The molecule has 5 nitrogen and oxygen atoms in total. The molecule has 1 heterocycles. The van der Waals surface area contributed by atoms with E-state index in [0.29, 0.717) is 25.3 Å². The summed E-state index contributed by atoms with van der Waals surface area (Å²) in [5.41, 5.74) is 0. The summed E-state index contributed by atoms with van der Waals surface area (Å²) in [7, 11) is 0. The molecular weight excluding hydrogens is 270 g/mol. The monoisotopic (exact) mass is 297 g/mol. The van der Waals surface area contributed by atoms with Gasteiger partial charge in [-0.05, 0) is 38.0 Å². The third kappa shape index (κ3) is 3.96. The maximum atomic E-state index is 12.7. The van der Waals surface area contributed by atoms with Crippen LogP contribution in [0.3, 0.4) is 0 Å². The summed E-state index contributed by atoms with van der Waals surface area (Å²) >= 11 is 0. The molecule has 2 aliphatic rings. The summed E-state index contributed by atoms with van der Waals surface area (Å²) in [5.74, 6) is -1.34. The number of amides is 1. The number of carboxylic acid groups (broad SMARTS) is 1. The Morgan fingerprint density at radius 2 is 2.00 bits per heavy atom. The molecule has 0 aromatic carbocycles. The summed E-state index contributed by atoms with van der Waals surface area (Å²) in [6.07, 6.45) is 4.35. The molecule has 21 heavy (non-hydrogen) atoms. The lowest BCUT2D eigenvalue weighted by atomic mass is 9.93. The maximum absolute atomic E-state index is 12.7. The predicted octanol–water partition coefficient (Wildman–Crippen LogP) is 2.15. The van der Waals surface area contributed by atoms with Gasteiger partial charge in [-0.15, -0.1) is 0 Å². The van der Waals surface area contributed by atoms with Gasteiger partial charge in [0.1, 0.15) is 0 Å². The zero-order valence-corrected chi connectivity index (χ0v) is 13.1. The lowest BCUT2D eigenvalue weighted by Gasteiger charge is -2.35. The number of aliphatic carboxylic acids is 1. The molecule has 4 unspecified atom stereocenters. The average Bonchev–Trinajstić information content (AvgIpc) is 2.87. The Balaban J connectivity index is 1.96. The molecule has 2 fully saturated rings. The van der Waals surface area contributed by atoms with Crippen LogP contribution >= 0.6 is 0 Å². The molecule has 0 aromatic heterocycles. The van der Waals surface area contributed by atoms with E-state index >= 15 is 0 Å². The van der Waals surface area contributed by atoms with Crippen LogP contribution in [0.1, 0.15) is 46.0 Å². The molecule has 1 N–H and O–H groups in total. The number of hydrogen-bond donors (Lipinski definition) is 1. The van der Waals surface area contributed by atoms with Crippen LogP contribution in [0.15, 0.2) is 0 Å². The normalized spacial score (nSPS) is 33.1. The first-order chi connectivity index (χ1) is 10.0. The number of ether oxygens (including phenoxy) is 1. The van der Waals surface area contributed by atoms with Crippen LogP contribution in [0.4, 0.5) is 0 Å². The van der Waals surface area contributed by atoms with Crippen molar-refractivity contribution in [2.45, 2.75) is 52.1 Å². The van der Waals surface area contributed by atoms with Crippen molar-refractivity contribution in [3.05, 3.63) is 0 Å². The Hall–Kier alpha value is -1.10. The van der Waals surface area contributed by atoms with Crippen LogP contribution in [-0.4, -0.2) is 47.7 Å². The number of piperidine rings is 1. The number of hydrogen-bond acceptors (Lipinski definition) is 3. The second-order valence-electron chi connectivity index (χ2n) is 6.55. The lowest BCUT2D eigenvalue weighted by molar-refractivity contribution is -0.150. The minimum absolute atomic E-state index is 0.0246. The van der Waals surface area contributed by atoms with Crippen molar-refractivity contribution in [1.29, 1.82) is 0 Å². The number of likely N-dealkylation sites (tertiary alicyclic amines) is 1. The zero-order chi connectivity index (χ0) is 15.4. The second kappa shape index (κ2) is 7.25. The van der Waals surface area contributed by atoms with Gasteiger partial charge in [-0.25, -0.2) is 0 Å². The van der Waals surface area contributed by atoms with E-state index < -0.39 is 11.9 Å². The van der Waals surface area contributed by atoms with Crippen LogP contribution in [0.5, 0.6) is 0 Å². The molecule has 1 saturated heterocycles. The molecule has 0 bridgehead atoms. The fourth-order valence-electron chi connectivity index (χ4n) is 3.63. The van der Waals surface area contributed by atoms with Crippen LogP contribution in [0.25, 0.3) is 0 Å². The first kappa shape index (κ1) is 16.3. The van der Waals surface area contributed by atoms with Crippen molar-refractivity contribution in [3.63, 3.8) is 0 Å². The van der Waals surface area contributed by atoms with Gasteiger partial charge in [0.05, 0.1) is 17.9 Å². The van der Waals surface area contributed by atoms with Crippen LogP contribution in [0.2, 0.25) is 0 Å². The van der Waals surface area contributed by atoms with Crippen LogP contribution < -0.4 is 0 Å². The Morgan fingerprint density at radius 1 is 1.29 bits per heavy atom. The quantitative estimate of drug-likeness (QED) is 0.844. The summed E-state index contributed by atoms with van der Waals surface area (Å²) in [6.45, 7) is 6.19. The summed E-state index contributed by atoms with van der Waals surface area (Å²) in [6, 6.07) is 0. The van der Waals surface area contributed by atoms with E-state index in [1.165, 1.54) is 0 Å². The SMILES string of the molecule is CCCOC1CCCN(C(=O)C2CC(C)CC2C(=O)O)C1. The van der Waals surface area contributed by atoms with E-state index in [9.17, 15) is 14.7 Å². The van der Waals surface area contributed by atoms with E-state index in [0.717, 1.165) is 32.4 Å². The minimum Gasteiger partial charge on any atom is -0.481 e. The van der Waals surface area contributed by atoms with Crippen molar-refractivity contribution in [2.24, 2.45) is 17.8 Å². The van der Waals surface area contributed by atoms with Crippen molar-refractivity contribution in [1.82, 2.24) is 4.90 Å². The van der Waals surface area contributed by atoms with Gasteiger partial charge >= 0.3 is 5.97 Å². The molecule has 1 saturated carbocycles. The topological polar surface area (TPSA) is 66.8 Å². The zero-order valence-electron chi connectivity index (χ0n) is 13.1. The number of rotatable bonds is 5. The van der Waals surface area contributed by atoms with E-state index in [1.807, 2.05) is 11.8 Å². The third-order valence-corrected chi connectivity index (χ3v) is 4.68. The van der Waals surface area contributed by atoms with Gasteiger partial charge in [-0.2, -0.15) is 0 Å². The molecule has 0 aromatic rings. The van der Waals surface area contributed by atoms with Gasteiger partial charge < -0.3 is 14.7 Å². The first-order valence-electron chi connectivity index (χ1n) is 8.16. The van der Waals surface area contributed by atoms with Crippen molar-refractivity contribution < 1.29 is 19.4 Å². The predicted molar refractivity (Wildman–Crippen MR) is 78.9 cm³/mol. The van der Waals surface area contributed by atoms with Gasteiger partial charge in [0.15, 0.2) is 0 Å². The first-order valence-corrected chi connectivity index (χ1v) is 8.16. The smallest absolute Gasteiger partial charge is 0.307 e. The Kier molecular flexibility index (Phi) is 5.62. The maximum Gasteiger partial charge on any atom is 0.307 e. The molecule has 2 rings (SSSR count). The highest BCUT2D eigenvalue weighted by Crippen LogP contribution is 2.38. The molecule has 1 amide bonds. The highest BCUT2D eigenvalue weighted by molar-refractivity contribution is 5.85. The Labute approximate surface area is 126 Å². The van der Waals surface area contributed by atoms with E-state index in [4.69, 9.17) is 4.74 Å².